The van der Waals surface area contributed by atoms with Crippen molar-refractivity contribution in [1.82, 2.24) is 9.73 Å². The van der Waals surface area contributed by atoms with E-state index in [2.05, 4.69) is 10.5 Å². The Morgan fingerprint density at radius 3 is 2.70 bits per heavy atom. The quantitative estimate of drug-likeness (QED) is 0.695. The fourth-order valence-electron chi connectivity index (χ4n) is 3.57. The molecule has 1 amide bonds. The fourth-order valence-corrected chi connectivity index (χ4v) is 5.28. The predicted octanol–water partition coefficient (Wildman–Crippen LogP) is 2.15. The number of carbonyl (C=O) groups is 1. The SMILES string of the molecule is O=C(N/N=C1/CCc2c(Cl)ccc(O)c21)c1cccc(S(=O)(=O)N2CCOCC2)c1. The molecule has 10 heteroatoms. The van der Waals surface area contributed by atoms with Crippen molar-refractivity contribution in [2.45, 2.75) is 17.7 Å². The number of amides is 1. The highest BCUT2D eigenvalue weighted by atomic mass is 35.5. The zero-order valence-electron chi connectivity index (χ0n) is 16.0. The zero-order chi connectivity index (χ0) is 21.3. The number of morpholine rings is 1. The van der Waals surface area contributed by atoms with Gasteiger partial charge in [0.1, 0.15) is 5.75 Å². The van der Waals surface area contributed by atoms with Gasteiger partial charge >= 0.3 is 0 Å². The molecule has 4 rings (SSSR count). The van der Waals surface area contributed by atoms with Crippen LogP contribution >= 0.6 is 11.6 Å². The average molecular weight is 450 g/mol. The van der Waals surface area contributed by atoms with Crippen molar-refractivity contribution in [1.29, 1.82) is 0 Å². The van der Waals surface area contributed by atoms with Gasteiger partial charge in [0.25, 0.3) is 5.91 Å². The Morgan fingerprint density at radius 1 is 1.17 bits per heavy atom. The molecular formula is C20H20ClN3O5S. The molecule has 0 saturated carbocycles. The lowest BCUT2D eigenvalue weighted by Crippen LogP contribution is -2.40. The van der Waals surface area contributed by atoms with Gasteiger partial charge < -0.3 is 9.84 Å². The van der Waals surface area contributed by atoms with Gasteiger partial charge in [0.2, 0.25) is 10.0 Å². The standard InChI is InChI=1S/C20H20ClN3O5S/c21-16-5-7-18(25)19-15(16)4-6-17(19)22-23-20(26)13-2-1-3-14(12-13)30(27,28)24-8-10-29-11-9-24/h1-3,5,7,12,25H,4,6,8-11H2,(H,23,26)/b22-17-. The Balaban J connectivity index is 1.54. The summed E-state index contributed by atoms with van der Waals surface area (Å²) in [6.07, 6.45) is 1.14. The maximum absolute atomic E-state index is 12.8. The van der Waals surface area contributed by atoms with Crippen LogP contribution in [0.4, 0.5) is 0 Å². The van der Waals surface area contributed by atoms with Crippen LogP contribution in [0.3, 0.4) is 0 Å². The van der Waals surface area contributed by atoms with E-state index in [1.165, 1.54) is 34.6 Å². The summed E-state index contributed by atoms with van der Waals surface area (Å²) < 4.78 is 32.2. The van der Waals surface area contributed by atoms with Crippen LogP contribution in [0.25, 0.3) is 0 Å². The summed E-state index contributed by atoms with van der Waals surface area (Å²) in [5, 5.41) is 14.8. The third-order valence-corrected chi connectivity index (χ3v) is 7.38. The van der Waals surface area contributed by atoms with E-state index >= 15 is 0 Å². The molecule has 8 nitrogen and oxygen atoms in total. The van der Waals surface area contributed by atoms with Gasteiger partial charge in [0.15, 0.2) is 0 Å². The van der Waals surface area contributed by atoms with Crippen molar-refractivity contribution >= 4 is 33.2 Å². The van der Waals surface area contributed by atoms with Crippen molar-refractivity contribution < 1.29 is 23.1 Å². The lowest BCUT2D eigenvalue weighted by molar-refractivity contribution is 0.0730. The third kappa shape index (κ3) is 3.93. The van der Waals surface area contributed by atoms with E-state index in [1.54, 1.807) is 6.07 Å². The zero-order valence-corrected chi connectivity index (χ0v) is 17.5. The molecule has 0 bridgehead atoms. The van der Waals surface area contributed by atoms with E-state index in [1.807, 2.05) is 0 Å². The van der Waals surface area contributed by atoms with Crippen LogP contribution in [0.5, 0.6) is 5.75 Å². The summed E-state index contributed by atoms with van der Waals surface area (Å²) in [7, 11) is -3.71. The second-order valence-corrected chi connectivity index (χ2v) is 9.31. The van der Waals surface area contributed by atoms with Crippen LogP contribution in [0.1, 0.15) is 27.9 Å². The van der Waals surface area contributed by atoms with Crippen molar-refractivity contribution in [2.75, 3.05) is 26.3 Å². The Labute approximate surface area is 179 Å². The molecule has 2 aromatic carbocycles. The second-order valence-electron chi connectivity index (χ2n) is 6.96. The van der Waals surface area contributed by atoms with Gasteiger partial charge in [0.05, 0.1) is 23.8 Å². The number of hydrogen-bond donors (Lipinski definition) is 2. The maximum atomic E-state index is 12.8. The fraction of sp³-hybridized carbons (Fsp3) is 0.300. The Bertz CT molecular complexity index is 1130. The number of hydrogen-bond acceptors (Lipinski definition) is 6. The Kier molecular flexibility index (Phi) is 5.79. The predicted molar refractivity (Wildman–Crippen MR) is 111 cm³/mol. The highest BCUT2D eigenvalue weighted by molar-refractivity contribution is 7.89. The van der Waals surface area contributed by atoms with Gasteiger partial charge in [-0.3, -0.25) is 4.79 Å². The van der Waals surface area contributed by atoms with E-state index in [9.17, 15) is 18.3 Å². The number of benzene rings is 2. The molecule has 0 aromatic heterocycles. The molecule has 158 valence electrons. The number of nitrogens with zero attached hydrogens (tertiary/aromatic N) is 2. The summed E-state index contributed by atoms with van der Waals surface area (Å²) in [6, 6.07) is 8.94. The molecule has 1 saturated heterocycles. The third-order valence-electron chi connectivity index (χ3n) is 5.13. The smallest absolute Gasteiger partial charge is 0.271 e. The lowest BCUT2D eigenvalue weighted by Gasteiger charge is -2.26. The van der Waals surface area contributed by atoms with Crippen LogP contribution in [-0.4, -0.2) is 55.8 Å². The number of rotatable bonds is 4. The van der Waals surface area contributed by atoms with Gasteiger partial charge in [-0.25, -0.2) is 13.8 Å². The highest BCUT2D eigenvalue weighted by Gasteiger charge is 2.27. The lowest BCUT2D eigenvalue weighted by atomic mass is 10.1. The topological polar surface area (TPSA) is 108 Å². The van der Waals surface area contributed by atoms with Gasteiger partial charge in [0, 0.05) is 29.2 Å². The minimum Gasteiger partial charge on any atom is -0.507 e. The van der Waals surface area contributed by atoms with Crippen molar-refractivity contribution in [3.05, 3.63) is 58.1 Å². The van der Waals surface area contributed by atoms with Gasteiger partial charge in [-0.2, -0.15) is 9.41 Å². The number of carbonyl (C=O) groups excluding carboxylic acids is 1. The molecule has 0 atom stereocenters. The summed E-state index contributed by atoms with van der Waals surface area (Å²) in [6.45, 7) is 1.24. The summed E-state index contributed by atoms with van der Waals surface area (Å²) in [5.74, 6) is -0.491. The summed E-state index contributed by atoms with van der Waals surface area (Å²) in [5.41, 5.74) is 4.47. The van der Waals surface area contributed by atoms with Gasteiger partial charge in [-0.15, -0.1) is 0 Å². The molecule has 1 aliphatic carbocycles. The Hall–Kier alpha value is -2.46. The maximum Gasteiger partial charge on any atom is 0.271 e. The number of hydrazone groups is 1. The van der Waals surface area contributed by atoms with E-state index in [4.69, 9.17) is 16.3 Å². The second kappa shape index (κ2) is 8.35. The molecule has 1 fully saturated rings. The molecule has 0 radical (unpaired) electrons. The number of ether oxygens (including phenoxy) is 1. The molecule has 1 heterocycles. The summed E-state index contributed by atoms with van der Waals surface area (Å²) in [4.78, 5) is 12.6. The van der Waals surface area contributed by atoms with Gasteiger partial charge in [-0.05, 0) is 48.7 Å². The van der Waals surface area contributed by atoms with E-state index in [0.29, 0.717) is 42.4 Å². The molecule has 2 aliphatic rings. The number of aromatic hydroxyl groups is 1. The molecule has 0 spiro atoms. The molecule has 0 unspecified atom stereocenters. The molecule has 1 aliphatic heterocycles. The normalized spacial score (nSPS) is 18.4. The van der Waals surface area contributed by atoms with E-state index < -0.39 is 15.9 Å². The minimum absolute atomic E-state index is 0.0420. The first-order valence-corrected chi connectivity index (χ1v) is 11.3. The Morgan fingerprint density at radius 2 is 1.93 bits per heavy atom. The van der Waals surface area contributed by atoms with Gasteiger partial charge in [-0.1, -0.05) is 17.7 Å². The number of sulfonamides is 1. The van der Waals surface area contributed by atoms with Crippen molar-refractivity contribution in [3.8, 4) is 5.75 Å². The minimum atomic E-state index is -3.71. The van der Waals surface area contributed by atoms with Crippen molar-refractivity contribution in [3.63, 3.8) is 0 Å². The first-order chi connectivity index (χ1) is 14.4. The van der Waals surface area contributed by atoms with Crippen LogP contribution in [0.2, 0.25) is 5.02 Å². The van der Waals surface area contributed by atoms with Crippen LogP contribution in [-0.2, 0) is 21.2 Å². The van der Waals surface area contributed by atoms with E-state index in [0.717, 1.165) is 5.56 Å². The monoisotopic (exact) mass is 449 g/mol. The first kappa shape index (κ1) is 20.8. The largest absolute Gasteiger partial charge is 0.507 e. The van der Waals surface area contributed by atoms with Crippen LogP contribution < -0.4 is 5.43 Å². The molecule has 2 N–H and O–H groups in total. The number of fused-ring (bicyclic) bond motifs is 1. The number of halogens is 1. The van der Waals surface area contributed by atoms with E-state index in [-0.39, 0.29) is 29.3 Å². The van der Waals surface area contributed by atoms with Crippen LogP contribution in [0, 0.1) is 0 Å². The molecule has 2 aromatic rings. The first-order valence-electron chi connectivity index (χ1n) is 9.43. The molecule has 30 heavy (non-hydrogen) atoms. The number of phenols is 1. The number of phenolic OH excluding ortho intramolecular Hbond substituents is 1. The summed E-state index contributed by atoms with van der Waals surface area (Å²) >= 11 is 6.17. The average Bonchev–Trinajstić information content (AvgIpc) is 3.21. The number of nitrogens with one attached hydrogen (secondary N) is 1. The van der Waals surface area contributed by atoms with Crippen LogP contribution in [0.15, 0.2) is 46.4 Å². The highest BCUT2D eigenvalue weighted by Crippen LogP contribution is 2.35. The molecular weight excluding hydrogens is 430 g/mol. The van der Waals surface area contributed by atoms with Crippen molar-refractivity contribution in [2.24, 2.45) is 5.10 Å².